The maximum absolute atomic E-state index is 13.7. The van der Waals surface area contributed by atoms with Gasteiger partial charge in [-0.25, -0.2) is 4.39 Å². The number of likely N-dealkylation sites (tertiary alicyclic amines) is 1. The molecule has 30 heavy (non-hydrogen) atoms. The zero-order valence-corrected chi connectivity index (χ0v) is 17.0. The number of amides is 2. The van der Waals surface area contributed by atoms with E-state index >= 15 is 0 Å². The Kier molecular flexibility index (Phi) is 5.84. The first kappa shape index (κ1) is 20.1. The van der Waals surface area contributed by atoms with Gasteiger partial charge in [0.1, 0.15) is 11.5 Å². The van der Waals surface area contributed by atoms with Crippen molar-refractivity contribution in [2.45, 2.75) is 26.3 Å². The molecule has 2 heterocycles. The lowest BCUT2D eigenvalue weighted by Crippen LogP contribution is -2.42. The number of hydrogen-bond donors (Lipinski definition) is 2. The van der Waals surface area contributed by atoms with Crippen molar-refractivity contribution in [2.75, 3.05) is 13.1 Å². The number of nitrogens with one attached hydrogen (secondary N) is 2. The number of H-pyrrole nitrogens is 1. The molecule has 2 amide bonds. The van der Waals surface area contributed by atoms with Gasteiger partial charge in [-0.15, -0.1) is 0 Å². The predicted molar refractivity (Wildman–Crippen MR) is 114 cm³/mol. The number of halogens is 1. The second-order valence-corrected chi connectivity index (χ2v) is 8.00. The predicted octanol–water partition coefficient (Wildman–Crippen LogP) is 4.11. The number of rotatable bonds is 5. The molecule has 0 spiro atoms. The van der Waals surface area contributed by atoms with Gasteiger partial charge in [-0.1, -0.05) is 43.3 Å². The molecule has 1 saturated heterocycles. The molecule has 156 valence electrons. The van der Waals surface area contributed by atoms with E-state index in [-0.39, 0.29) is 36.0 Å². The number of carbonyl (C=O) groups is 2. The van der Waals surface area contributed by atoms with Gasteiger partial charge in [-0.2, -0.15) is 0 Å². The van der Waals surface area contributed by atoms with Crippen LogP contribution in [0.1, 0.15) is 35.8 Å². The van der Waals surface area contributed by atoms with E-state index in [4.69, 9.17) is 0 Å². The average molecular weight is 407 g/mol. The van der Waals surface area contributed by atoms with Crippen LogP contribution in [-0.4, -0.2) is 34.8 Å². The summed E-state index contributed by atoms with van der Waals surface area (Å²) < 4.78 is 13.7. The topological polar surface area (TPSA) is 65.2 Å². The molecule has 0 saturated carbocycles. The fourth-order valence-electron chi connectivity index (χ4n) is 4.16. The van der Waals surface area contributed by atoms with E-state index in [9.17, 15) is 14.0 Å². The van der Waals surface area contributed by atoms with E-state index in [1.807, 2.05) is 42.2 Å². The van der Waals surface area contributed by atoms with Crippen LogP contribution >= 0.6 is 0 Å². The number of para-hydroxylation sites is 1. The summed E-state index contributed by atoms with van der Waals surface area (Å²) in [7, 11) is 0. The third kappa shape index (κ3) is 4.22. The highest BCUT2D eigenvalue weighted by Crippen LogP contribution is 2.26. The second-order valence-electron chi connectivity index (χ2n) is 8.00. The number of hydrogen-bond acceptors (Lipinski definition) is 2. The minimum atomic E-state index is -0.311. The van der Waals surface area contributed by atoms with Gasteiger partial charge in [0, 0.05) is 42.0 Å². The summed E-state index contributed by atoms with van der Waals surface area (Å²) in [5, 5.41) is 3.87. The summed E-state index contributed by atoms with van der Waals surface area (Å²) in [4.78, 5) is 30.4. The first-order valence-corrected chi connectivity index (χ1v) is 10.4. The first-order chi connectivity index (χ1) is 14.5. The number of aromatic amines is 1. The molecule has 5 nitrogen and oxygen atoms in total. The van der Waals surface area contributed by atoms with Gasteiger partial charge < -0.3 is 15.2 Å². The Labute approximate surface area is 175 Å². The quantitative estimate of drug-likeness (QED) is 0.668. The number of fused-ring (bicyclic) bond motifs is 1. The zero-order chi connectivity index (χ0) is 21.1. The van der Waals surface area contributed by atoms with Gasteiger partial charge in [-0.05, 0) is 37.0 Å². The summed E-state index contributed by atoms with van der Waals surface area (Å²) >= 11 is 0. The molecule has 0 bridgehead atoms. The van der Waals surface area contributed by atoms with E-state index in [1.165, 1.54) is 6.07 Å². The molecular formula is C24H26FN3O2. The Morgan fingerprint density at radius 2 is 1.83 bits per heavy atom. The highest BCUT2D eigenvalue weighted by Gasteiger charge is 2.30. The smallest absolute Gasteiger partial charge is 0.270 e. The van der Waals surface area contributed by atoms with Gasteiger partial charge in [0.05, 0.1) is 0 Å². The monoisotopic (exact) mass is 407 g/mol. The first-order valence-electron chi connectivity index (χ1n) is 10.4. The molecule has 3 aromatic rings. The zero-order valence-electron chi connectivity index (χ0n) is 17.0. The van der Waals surface area contributed by atoms with Crippen molar-refractivity contribution in [3.63, 3.8) is 0 Å². The molecule has 2 N–H and O–H groups in total. The average Bonchev–Trinajstić information content (AvgIpc) is 3.22. The minimum Gasteiger partial charge on any atom is -0.352 e. The highest BCUT2D eigenvalue weighted by atomic mass is 19.1. The van der Waals surface area contributed by atoms with Crippen molar-refractivity contribution in [1.82, 2.24) is 15.2 Å². The standard InChI is InChI=1S/C24H26FN3O2/c1-16(23(29)26-15-19-7-2-4-8-20(19)25)17-10-12-28(13-11-17)24(30)22-14-18-6-3-5-9-21(18)27-22/h2-9,14,16-17,27H,10-13,15H2,1H3,(H,26,29)/t16-/m0/s1. The lowest BCUT2D eigenvalue weighted by molar-refractivity contribution is -0.126. The molecule has 4 rings (SSSR count). The van der Waals surface area contributed by atoms with E-state index in [1.54, 1.807) is 18.2 Å². The van der Waals surface area contributed by atoms with Crippen LogP contribution < -0.4 is 5.32 Å². The van der Waals surface area contributed by atoms with Gasteiger partial charge >= 0.3 is 0 Å². The van der Waals surface area contributed by atoms with Crippen molar-refractivity contribution < 1.29 is 14.0 Å². The molecule has 1 aromatic heterocycles. The molecule has 1 atom stereocenters. The minimum absolute atomic E-state index is 0.00121. The number of nitrogens with zero attached hydrogens (tertiary/aromatic N) is 1. The van der Waals surface area contributed by atoms with E-state index in [2.05, 4.69) is 10.3 Å². The molecule has 0 unspecified atom stereocenters. The maximum Gasteiger partial charge on any atom is 0.270 e. The van der Waals surface area contributed by atoms with Gasteiger partial charge in [-0.3, -0.25) is 9.59 Å². The summed E-state index contributed by atoms with van der Waals surface area (Å²) in [5.74, 6) is -0.353. The third-order valence-electron chi connectivity index (χ3n) is 6.12. The Balaban J connectivity index is 1.30. The van der Waals surface area contributed by atoms with Crippen LogP contribution in [0.2, 0.25) is 0 Å². The fraction of sp³-hybridized carbons (Fsp3) is 0.333. The molecule has 1 fully saturated rings. The summed E-state index contributed by atoms with van der Waals surface area (Å²) in [6, 6.07) is 16.2. The second kappa shape index (κ2) is 8.69. The third-order valence-corrected chi connectivity index (χ3v) is 6.12. The van der Waals surface area contributed by atoms with Crippen molar-refractivity contribution >= 4 is 22.7 Å². The van der Waals surface area contributed by atoms with E-state index in [0.29, 0.717) is 24.3 Å². The van der Waals surface area contributed by atoms with Crippen molar-refractivity contribution in [3.8, 4) is 0 Å². The Morgan fingerprint density at radius 3 is 2.57 bits per heavy atom. The Hall–Kier alpha value is -3.15. The molecule has 6 heteroatoms. The SMILES string of the molecule is C[C@H](C(=O)NCc1ccccc1F)C1CCN(C(=O)c2cc3ccccc3[nH]2)CC1. The van der Waals surface area contributed by atoms with E-state index in [0.717, 1.165) is 23.7 Å². The Morgan fingerprint density at radius 1 is 1.13 bits per heavy atom. The number of carbonyl (C=O) groups excluding carboxylic acids is 2. The summed E-state index contributed by atoms with van der Waals surface area (Å²) in [6.45, 7) is 3.36. The fourth-order valence-corrected chi connectivity index (χ4v) is 4.16. The van der Waals surface area contributed by atoms with Gasteiger partial charge in [0.15, 0.2) is 0 Å². The summed E-state index contributed by atoms with van der Waals surface area (Å²) in [6.07, 6.45) is 1.56. The molecule has 0 aliphatic carbocycles. The lowest BCUT2D eigenvalue weighted by atomic mass is 9.84. The highest BCUT2D eigenvalue weighted by molar-refractivity contribution is 5.98. The molecule has 2 aromatic carbocycles. The van der Waals surface area contributed by atoms with E-state index < -0.39 is 0 Å². The summed E-state index contributed by atoms with van der Waals surface area (Å²) in [5.41, 5.74) is 2.04. The van der Waals surface area contributed by atoms with Crippen LogP contribution in [0.15, 0.2) is 54.6 Å². The normalized spacial score (nSPS) is 15.9. The van der Waals surface area contributed by atoms with Crippen LogP contribution in [0.25, 0.3) is 10.9 Å². The van der Waals surface area contributed by atoms with Crippen LogP contribution in [0.5, 0.6) is 0 Å². The van der Waals surface area contributed by atoms with Crippen LogP contribution in [-0.2, 0) is 11.3 Å². The van der Waals surface area contributed by atoms with Crippen LogP contribution in [0.3, 0.4) is 0 Å². The van der Waals surface area contributed by atoms with Crippen molar-refractivity contribution in [2.24, 2.45) is 11.8 Å². The Bertz CT molecular complexity index is 1020. The van der Waals surface area contributed by atoms with Gasteiger partial charge in [0.2, 0.25) is 5.91 Å². The molecular weight excluding hydrogens is 381 g/mol. The van der Waals surface area contributed by atoms with Crippen LogP contribution in [0.4, 0.5) is 4.39 Å². The number of aromatic nitrogens is 1. The maximum atomic E-state index is 13.7. The largest absolute Gasteiger partial charge is 0.352 e. The van der Waals surface area contributed by atoms with Crippen molar-refractivity contribution in [1.29, 1.82) is 0 Å². The number of benzene rings is 2. The van der Waals surface area contributed by atoms with Gasteiger partial charge in [0.25, 0.3) is 5.91 Å². The van der Waals surface area contributed by atoms with Crippen molar-refractivity contribution in [3.05, 3.63) is 71.7 Å². The number of piperidine rings is 1. The molecule has 0 radical (unpaired) electrons. The van der Waals surface area contributed by atoms with Crippen LogP contribution in [0, 0.1) is 17.7 Å². The molecule has 1 aliphatic heterocycles. The molecule has 1 aliphatic rings. The lowest BCUT2D eigenvalue weighted by Gasteiger charge is -2.34.